The molecular weight excluding hydrogens is 278 g/mol. The quantitative estimate of drug-likeness (QED) is 0.883. The Morgan fingerprint density at radius 1 is 1.00 bits per heavy atom. The third-order valence-electron chi connectivity index (χ3n) is 2.78. The number of aromatic nitrogens is 1. The summed E-state index contributed by atoms with van der Waals surface area (Å²) >= 11 is 6.08. The van der Waals surface area contributed by atoms with Crippen molar-refractivity contribution < 1.29 is 9.47 Å². The van der Waals surface area contributed by atoms with Gasteiger partial charge in [0.1, 0.15) is 11.5 Å². The van der Waals surface area contributed by atoms with Crippen LogP contribution in [0.2, 0.25) is 5.02 Å². The summed E-state index contributed by atoms with van der Waals surface area (Å²) in [6.45, 7) is 0. The maximum absolute atomic E-state index is 6.08. The van der Waals surface area contributed by atoms with E-state index >= 15 is 0 Å². The minimum atomic E-state index is 0.497. The van der Waals surface area contributed by atoms with Gasteiger partial charge in [0.15, 0.2) is 0 Å². The van der Waals surface area contributed by atoms with Gasteiger partial charge in [0.05, 0.1) is 48.7 Å². The van der Waals surface area contributed by atoms with Gasteiger partial charge >= 0.3 is 0 Å². The standard InChI is InChI=1S/C14H16ClN3O2/c1-16-9-4-10(8-17-7-9)18-12-6-13(19-2)11(15)5-14(12)20-3/h4-8,16,18H,1-3H3. The van der Waals surface area contributed by atoms with Crippen molar-refractivity contribution in [2.24, 2.45) is 0 Å². The second kappa shape index (κ2) is 6.34. The first kappa shape index (κ1) is 14.3. The molecule has 0 fully saturated rings. The number of nitrogens with one attached hydrogen (secondary N) is 2. The fraction of sp³-hybridized carbons (Fsp3) is 0.214. The average Bonchev–Trinajstić information content (AvgIpc) is 2.48. The van der Waals surface area contributed by atoms with E-state index < -0.39 is 0 Å². The van der Waals surface area contributed by atoms with Crippen molar-refractivity contribution in [2.75, 3.05) is 31.9 Å². The third kappa shape index (κ3) is 3.05. The molecule has 2 aromatic rings. The first-order valence-corrected chi connectivity index (χ1v) is 6.37. The predicted octanol–water partition coefficient (Wildman–Crippen LogP) is 3.54. The lowest BCUT2D eigenvalue weighted by Gasteiger charge is -2.14. The molecule has 20 heavy (non-hydrogen) atoms. The number of ether oxygens (including phenoxy) is 2. The summed E-state index contributed by atoms with van der Waals surface area (Å²) in [4.78, 5) is 4.14. The van der Waals surface area contributed by atoms with Gasteiger partial charge in [-0.05, 0) is 6.07 Å². The Balaban J connectivity index is 2.36. The van der Waals surface area contributed by atoms with Crippen LogP contribution in [0.25, 0.3) is 0 Å². The fourth-order valence-electron chi connectivity index (χ4n) is 1.76. The molecule has 0 bridgehead atoms. The first-order valence-electron chi connectivity index (χ1n) is 5.99. The van der Waals surface area contributed by atoms with Gasteiger partial charge in [-0.15, -0.1) is 0 Å². The van der Waals surface area contributed by atoms with Crippen molar-refractivity contribution in [3.05, 3.63) is 35.6 Å². The number of benzene rings is 1. The Bertz CT molecular complexity index is 605. The summed E-state index contributed by atoms with van der Waals surface area (Å²) in [7, 11) is 5.00. The number of methoxy groups -OCH3 is 2. The first-order chi connectivity index (χ1) is 9.67. The number of halogens is 1. The van der Waals surface area contributed by atoms with Crippen LogP contribution in [0.1, 0.15) is 0 Å². The Labute approximate surface area is 122 Å². The molecular formula is C14H16ClN3O2. The zero-order valence-electron chi connectivity index (χ0n) is 11.5. The Morgan fingerprint density at radius 3 is 2.35 bits per heavy atom. The molecule has 0 amide bonds. The number of pyridine rings is 1. The van der Waals surface area contributed by atoms with Crippen LogP contribution in [0, 0.1) is 0 Å². The minimum Gasteiger partial charge on any atom is -0.495 e. The van der Waals surface area contributed by atoms with Gasteiger partial charge in [-0.3, -0.25) is 4.98 Å². The van der Waals surface area contributed by atoms with E-state index in [1.807, 2.05) is 13.1 Å². The monoisotopic (exact) mass is 293 g/mol. The Morgan fingerprint density at radius 2 is 1.70 bits per heavy atom. The van der Waals surface area contributed by atoms with Gasteiger partial charge in [-0.25, -0.2) is 0 Å². The van der Waals surface area contributed by atoms with Gasteiger partial charge < -0.3 is 20.1 Å². The van der Waals surface area contributed by atoms with Crippen LogP contribution in [0.5, 0.6) is 11.5 Å². The summed E-state index contributed by atoms with van der Waals surface area (Å²) in [5.74, 6) is 1.21. The van der Waals surface area contributed by atoms with Crippen LogP contribution in [-0.2, 0) is 0 Å². The van der Waals surface area contributed by atoms with Crippen LogP contribution in [-0.4, -0.2) is 26.3 Å². The Kier molecular flexibility index (Phi) is 4.53. The van der Waals surface area contributed by atoms with E-state index in [-0.39, 0.29) is 0 Å². The average molecular weight is 294 g/mol. The molecule has 0 aliphatic rings. The second-order valence-electron chi connectivity index (χ2n) is 4.02. The smallest absolute Gasteiger partial charge is 0.144 e. The largest absolute Gasteiger partial charge is 0.495 e. The number of anilines is 3. The highest BCUT2D eigenvalue weighted by Gasteiger charge is 2.10. The molecule has 0 saturated heterocycles. The van der Waals surface area contributed by atoms with Crippen LogP contribution >= 0.6 is 11.6 Å². The summed E-state index contributed by atoms with van der Waals surface area (Å²) in [5, 5.41) is 6.77. The predicted molar refractivity (Wildman–Crippen MR) is 81.6 cm³/mol. The van der Waals surface area contributed by atoms with Gasteiger partial charge in [0.2, 0.25) is 0 Å². The molecule has 1 aromatic heterocycles. The zero-order valence-corrected chi connectivity index (χ0v) is 12.3. The van der Waals surface area contributed by atoms with Crippen LogP contribution < -0.4 is 20.1 Å². The third-order valence-corrected chi connectivity index (χ3v) is 3.08. The highest BCUT2D eigenvalue weighted by Crippen LogP contribution is 2.37. The van der Waals surface area contributed by atoms with Crippen molar-refractivity contribution >= 4 is 28.7 Å². The molecule has 0 atom stereocenters. The molecule has 0 aliphatic carbocycles. The molecule has 1 aromatic carbocycles. The van der Waals surface area contributed by atoms with Crippen molar-refractivity contribution in [3.63, 3.8) is 0 Å². The normalized spacial score (nSPS) is 10.0. The molecule has 106 valence electrons. The maximum Gasteiger partial charge on any atom is 0.144 e. The van der Waals surface area contributed by atoms with E-state index in [0.717, 1.165) is 17.1 Å². The topological polar surface area (TPSA) is 55.4 Å². The van der Waals surface area contributed by atoms with Crippen molar-refractivity contribution in [3.8, 4) is 11.5 Å². The number of nitrogens with zero attached hydrogens (tertiary/aromatic N) is 1. The molecule has 5 nitrogen and oxygen atoms in total. The molecule has 1 heterocycles. The molecule has 0 saturated carbocycles. The number of hydrogen-bond donors (Lipinski definition) is 2. The molecule has 2 rings (SSSR count). The molecule has 6 heteroatoms. The minimum absolute atomic E-state index is 0.497. The van der Waals surface area contributed by atoms with E-state index in [9.17, 15) is 0 Å². The van der Waals surface area contributed by atoms with Gasteiger partial charge in [-0.1, -0.05) is 11.6 Å². The number of rotatable bonds is 5. The summed E-state index contributed by atoms with van der Waals surface area (Å²) in [6.07, 6.45) is 3.46. The molecule has 0 unspecified atom stereocenters. The summed E-state index contributed by atoms with van der Waals surface area (Å²) < 4.78 is 10.5. The Hall–Kier alpha value is -2.14. The maximum atomic E-state index is 6.08. The van der Waals surface area contributed by atoms with Gasteiger partial charge in [-0.2, -0.15) is 0 Å². The van der Waals surface area contributed by atoms with E-state index in [1.54, 1.807) is 38.7 Å². The lowest BCUT2D eigenvalue weighted by molar-refractivity contribution is 0.405. The van der Waals surface area contributed by atoms with Crippen molar-refractivity contribution in [1.29, 1.82) is 0 Å². The lowest BCUT2D eigenvalue weighted by atomic mass is 10.2. The SMILES string of the molecule is CNc1cncc(Nc2cc(OC)c(Cl)cc2OC)c1. The van der Waals surface area contributed by atoms with E-state index in [0.29, 0.717) is 16.5 Å². The number of hydrogen-bond acceptors (Lipinski definition) is 5. The van der Waals surface area contributed by atoms with E-state index in [1.165, 1.54) is 0 Å². The molecule has 0 radical (unpaired) electrons. The van der Waals surface area contributed by atoms with E-state index in [2.05, 4.69) is 15.6 Å². The highest BCUT2D eigenvalue weighted by atomic mass is 35.5. The van der Waals surface area contributed by atoms with Crippen molar-refractivity contribution in [1.82, 2.24) is 4.98 Å². The molecule has 0 spiro atoms. The van der Waals surface area contributed by atoms with E-state index in [4.69, 9.17) is 21.1 Å². The van der Waals surface area contributed by atoms with Gasteiger partial charge in [0.25, 0.3) is 0 Å². The van der Waals surface area contributed by atoms with Gasteiger partial charge in [0, 0.05) is 19.2 Å². The van der Waals surface area contributed by atoms with Crippen LogP contribution in [0.15, 0.2) is 30.6 Å². The highest BCUT2D eigenvalue weighted by molar-refractivity contribution is 6.32. The zero-order chi connectivity index (χ0) is 14.5. The van der Waals surface area contributed by atoms with Crippen molar-refractivity contribution in [2.45, 2.75) is 0 Å². The summed E-state index contributed by atoms with van der Waals surface area (Å²) in [5.41, 5.74) is 2.50. The molecule has 2 N–H and O–H groups in total. The second-order valence-corrected chi connectivity index (χ2v) is 4.43. The lowest BCUT2D eigenvalue weighted by Crippen LogP contribution is -1.98. The fourth-order valence-corrected chi connectivity index (χ4v) is 1.99. The summed E-state index contributed by atoms with van der Waals surface area (Å²) in [6, 6.07) is 5.43. The van der Waals surface area contributed by atoms with Crippen LogP contribution in [0.4, 0.5) is 17.1 Å². The van der Waals surface area contributed by atoms with Crippen LogP contribution in [0.3, 0.4) is 0 Å². The molecule has 0 aliphatic heterocycles.